The highest BCUT2D eigenvalue weighted by Crippen LogP contribution is 2.28. The van der Waals surface area contributed by atoms with Crippen LogP contribution in [0.25, 0.3) is 0 Å². The van der Waals surface area contributed by atoms with E-state index in [1.807, 2.05) is 18.2 Å². The number of sulfonamides is 1. The number of aromatic nitrogens is 2. The Kier molecular flexibility index (Phi) is 4.74. The van der Waals surface area contributed by atoms with E-state index in [0.29, 0.717) is 18.7 Å². The van der Waals surface area contributed by atoms with E-state index < -0.39 is 10.0 Å². The maximum absolute atomic E-state index is 12.4. The maximum atomic E-state index is 12.4. The molecular formula is C12H14ClN3O2S2. The van der Waals surface area contributed by atoms with Crippen LogP contribution in [0.2, 0.25) is 4.47 Å². The first kappa shape index (κ1) is 15.4. The number of halogens is 1. The summed E-state index contributed by atoms with van der Waals surface area (Å²) in [7, 11) is -1.99. The molecule has 2 aromatic heterocycles. The second-order valence-corrected chi connectivity index (χ2v) is 8.06. The average Bonchev–Trinajstić information content (AvgIpc) is 2.77. The normalized spacial score (nSPS) is 12.0. The summed E-state index contributed by atoms with van der Waals surface area (Å²) in [5.74, 6) is 0. The van der Waals surface area contributed by atoms with Crippen LogP contribution in [0.3, 0.4) is 0 Å². The van der Waals surface area contributed by atoms with Crippen molar-refractivity contribution in [3.05, 3.63) is 40.3 Å². The fraction of sp³-hybridized carbons (Fsp3) is 0.333. The largest absolute Gasteiger partial charge is 0.261 e. The van der Waals surface area contributed by atoms with Gasteiger partial charge in [0, 0.05) is 31.9 Å². The smallest absolute Gasteiger partial charge is 0.254 e. The lowest BCUT2D eigenvalue weighted by Gasteiger charge is -2.15. The molecule has 2 aromatic rings. The van der Waals surface area contributed by atoms with E-state index in [9.17, 15) is 8.42 Å². The molecule has 0 saturated heterocycles. The Bertz CT molecular complexity index is 686. The molecule has 0 atom stereocenters. The molecule has 20 heavy (non-hydrogen) atoms. The van der Waals surface area contributed by atoms with E-state index in [2.05, 4.69) is 9.97 Å². The van der Waals surface area contributed by atoms with Crippen molar-refractivity contribution in [3.63, 3.8) is 0 Å². The highest BCUT2D eigenvalue weighted by Gasteiger charge is 2.26. The Morgan fingerprint density at radius 1 is 1.40 bits per heavy atom. The summed E-state index contributed by atoms with van der Waals surface area (Å²) in [6.07, 6.45) is 2.25. The van der Waals surface area contributed by atoms with Crippen molar-refractivity contribution in [1.82, 2.24) is 14.3 Å². The Hall–Kier alpha value is -1.02. The zero-order chi connectivity index (χ0) is 14.8. The molecule has 0 aliphatic heterocycles. The zero-order valence-corrected chi connectivity index (χ0v) is 13.5. The van der Waals surface area contributed by atoms with Crippen LogP contribution in [0.5, 0.6) is 0 Å². The number of rotatable bonds is 5. The van der Waals surface area contributed by atoms with Gasteiger partial charge in [-0.2, -0.15) is 4.31 Å². The SMILES string of the molecule is Cc1nc(Cl)sc1S(=O)(=O)N(C)CCc1ccccn1. The number of pyridine rings is 1. The fourth-order valence-corrected chi connectivity index (χ4v) is 4.77. The highest BCUT2D eigenvalue weighted by atomic mass is 35.5. The first-order chi connectivity index (χ1) is 9.41. The average molecular weight is 332 g/mol. The number of likely N-dealkylation sites (N-methyl/N-ethyl adjacent to an activating group) is 1. The molecule has 0 aliphatic carbocycles. The van der Waals surface area contributed by atoms with E-state index >= 15 is 0 Å². The predicted octanol–water partition coefficient (Wildman–Crippen LogP) is 2.36. The third kappa shape index (κ3) is 3.35. The number of nitrogens with zero attached hydrogens (tertiary/aromatic N) is 3. The minimum Gasteiger partial charge on any atom is -0.261 e. The molecule has 0 amide bonds. The summed E-state index contributed by atoms with van der Waals surface area (Å²) in [6.45, 7) is 2.00. The lowest BCUT2D eigenvalue weighted by molar-refractivity contribution is 0.472. The lowest BCUT2D eigenvalue weighted by Crippen LogP contribution is -2.29. The van der Waals surface area contributed by atoms with E-state index in [4.69, 9.17) is 11.6 Å². The molecule has 0 fully saturated rings. The molecule has 0 unspecified atom stereocenters. The molecule has 108 valence electrons. The second kappa shape index (κ2) is 6.17. The van der Waals surface area contributed by atoms with E-state index in [-0.39, 0.29) is 8.68 Å². The van der Waals surface area contributed by atoms with Gasteiger partial charge in [-0.15, -0.1) is 0 Å². The van der Waals surface area contributed by atoms with Gasteiger partial charge in [-0.3, -0.25) is 4.98 Å². The summed E-state index contributed by atoms with van der Waals surface area (Å²) >= 11 is 6.74. The van der Waals surface area contributed by atoms with Gasteiger partial charge in [-0.25, -0.2) is 13.4 Å². The summed E-state index contributed by atoms with van der Waals surface area (Å²) < 4.78 is 26.5. The molecule has 8 heteroatoms. The summed E-state index contributed by atoms with van der Waals surface area (Å²) in [5.41, 5.74) is 1.29. The minimum atomic E-state index is -3.54. The van der Waals surface area contributed by atoms with Gasteiger partial charge in [0.25, 0.3) is 10.0 Å². The molecule has 2 rings (SSSR count). The quantitative estimate of drug-likeness (QED) is 0.843. The van der Waals surface area contributed by atoms with Crippen LogP contribution in [0, 0.1) is 6.92 Å². The van der Waals surface area contributed by atoms with Crippen LogP contribution in [0.1, 0.15) is 11.4 Å². The van der Waals surface area contributed by atoms with E-state index in [1.165, 1.54) is 4.31 Å². The fourth-order valence-electron chi connectivity index (χ4n) is 1.67. The van der Waals surface area contributed by atoms with Crippen LogP contribution >= 0.6 is 22.9 Å². The minimum absolute atomic E-state index is 0.200. The lowest BCUT2D eigenvalue weighted by atomic mass is 10.3. The van der Waals surface area contributed by atoms with Crippen LogP contribution < -0.4 is 0 Å². The standard InChI is InChI=1S/C12H14ClN3O2S2/c1-9-11(19-12(13)15-9)20(17,18)16(2)8-6-10-5-3-4-7-14-10/h3-5,7H,6,8H2,1-2H3. The summed E-state index contributed by atoms with van der Waals surface area (Å²) in [6, 6.07) is 5.58. The monoisotopic (exact) mass is 331 g/mol. The maximum Gasteiger partial charge on any atom is 0.254 e. The molecule has 0 spiro atoms. The van der Waals surface area contributed by atoms with Crippen molar-refractivity contribution in [2.75, 3.05) is 13.6 Å². The number of hydrogen-bond acceptors (Lipinski definition) is 5. The van der Waals surface area contributed by atoms with Crippen LogP contribution in [-0.2, 0) is 16.4 Å². The van der Waals surface area contributed by atoms with Crippen LogP contribution in [0.4, 0.5) is 0 Å². The Morgan fingerprint density at radius 2 is 2.15 bits per heavy atom. The second-order valence-electron chi connectivity index (χ2n) is 4.24. The van der Waals surface area contributed by atoms with Gasteiger partial charge in [0.1, 0.15) is 0 Å². The van der Waals surface area contributed by atoms with Gasteiger partial charge >= 0.3 is 0 Å². The third-order valence-electron chi connectivity index (χ3n) is 2.78. The molecule has 0 bridgehead atoms. The molecule has 0 saturated carbocycles. The number of aryl methyl sites for hydroxylation is 1. The first-order valence-electron chi connectivity index (χ1n) is 5.90. The first-order valence-corrected chi connectivity index (χ1v) is 8.54. The predicted molar refractivity (Wildman–Crippen MR) is 79.6 cm³/mol. The summed E-state index contributed by atoms with van der Waals surface area (Å²) in [4.78, 5) is 8.12. The van der Waals surface area contributed by atoms with Gasteiger partial charge in [-0.1, -0.05) is 29.0 Å². The number of thiazole rings is 1. The molecule has 0 radical (unpaired) electrons. The zero-order valence-electron chi connectivity index (χ0n) is 11.1. The van der Waals surface area contributed by atoms with Crippen molar-refractivity contribution in [2.24, 2.45) is 0 Å². The molecule has 5 nitrogen and oxygen atoms in total. The highest BCUT2D eigenvalue weighted by molar-refractivity contribution is 7.91. The molecular weight excluding hydrogens is 318 g/mol. The molecule has 0 aromatic carbocycles. The summed E-state index contributed by atoms with van der Waals surface area (Å²) in [5, 5.41) is 0. The van der Waals surface area contributed by atoms with Crippen molar-refractivity contribution in [3.8, 4) is 0 Å². The third-order valence-corrected chi connectivity index (χ3v) is 6.49. The van der Waals surface area contributed by atoms with Crippen molar-refractivity contribution >= 4 is 33.0 Å². The topological polar surface area (TPSA) is 63.2 Å². The molecule has 2 heterocycles. The Morgan fingerprint density at radius 3 is 2.70 bits per heavy atom. The Labute approximate surface area is 127 Å². The number of hydrogen-bond donors (Lipinski definition) is 0. The van der Waals surface area contributed by atoms with E-state index in [0.717, 1.165) is 17.0 Å². The Balaban J connectivity index is 2.12. The molecule has 0 aliphatic rings. The van der Waals surface area contributed by atoms with Gasteiger partial charge < -0.3 is 0 Å². The van der Waals surface area contributed by atoms with Gasteiger partial charge in [0.05, 0.1) is 5.69 Å². The van der Waals surface area contributed by atoms with Gasteiger partial charge in [0.15, 0.2) is 8.68 Å². The van der Waals surface area contributed by atoms with E-state index in [1.54, 1.807) is 20.2 Å². The van der Waals surface area contributed by atoms with Crippen molar-refractivity contribution < 1.29 is 8.42 Å². The van der Waals surface area contributed by atoms with Crippen molar-refractivity contribution in [1.29, 1.82) is 0 Å². The van der Waals surface area contributed by atoms with Crippen LogP contribution in [-0.4, -0.2) is 36.3 Å². The van der Waals surface area contributed by atoms with Crippen molar-refractivity contribution in [2.45, 2.75) is 17.6 Å². The molecule has 0 N–H and O–H groups in total. The van der Waals surface area contributed by atoms with Crippen LogP contribution in [0.15, 0.2) is 28.6 Å². The van der Waals surface area contributed by atoms with Gasteiger partial charge in [0.2, 0.25) is 0 Å². The van der Waals surface area contributed by atoms with Gasteiger partial charge in [-0.05, 0) is 19.1 Å².